The van der Waals surface area contributed by atoms with Crippen LogP contribution in [0, 0.1) is 0 Å². The molecule has 0 radical (unpaired) electrons. The highest BCUT2D eigenvalue weighted by Gasteiger charge is 2.30. The van der Waals surface area contributed by atoms with E-state index in [9.17, 15) is 9.59 Å². The molecule has 7 nitrogen and oxygen atoms in total. The molecule has 132 valence electrons. The highest BCUT2D eigenvalue weighted by molar-refractivity contribution is 5.97. The highest BCUT2D eigenvalue weighted by atomic mass is 16.3. The van der Waals surface area contributed by atoms with Crippen molar-refractivity contribution >= 4 is 17.3 Å². The number of para-hydroxylation sites is 1. The number of anilines is 2. The van der Waals surface area contributed by atoms with Crippen molar-refractivity contribution in [3.05, 3.63) is 64.6 Å². The molecule has 3 heterocycles. The molecule has 0 saturated carbocycles. The largest absolute Gasteiger partial charge is 0.463 e. The van der Waals surface area contributed by atoms with E-state index in [1.165, 1.54) is 12.3 Å². The van der Waals surface area contributed by atoms with Crippen molar-refractivity contribution in [1.82, 2.24) is 9.78 Å². The number of fused-ring (bicyclic) bond motifs is 1. The van der Waals surface area contributed by atoms with Gasteiger partial charge < -0.3 is 15.1 Å². The number of benzene rings is 1. The molecule has 0 fully saturated rings. The Labute approximate surface area is 149 Å². The highest BCUT2D eigenvalue weighted by Crippen LogP contribution is 2.29. The summed E-state index contributed by atoms with van der Waals surface area (Å²) in [4.78, 5) is 27.2. The van der Waals surface area contributed by atoms with Gasteiger partial charge in [0.05, 0.1) is 6.26 Å². The maximum absolute atomic E-state index is 13.0. The number of rotatable bonds is 3. The fraction of sp³-hybridized carbons (Fsp3) is 0.211. The number of hydrogen-bond acceptors (Lipinski definition) is 5. The lowest BCUT2D eigenvalue weighted by atomic mass is 10.2. The average molecular weight is 350 g/mol. The Kier molecular flexibility index (Phi) is 3.84. The average Bonchev–Trinajstić information content (AvgIpc) is 3.32. The summed E-state index contributed by atoms with van der Waals surface area (Å²) >= 11 is 0. The summed E-state index contributed by atoms with van der Waals surface area (Å²) in [5.74, 6) is 0.289. The molecule has 2 aromatic heterocycles. The molecule has 1 amide bonds. The molecule has 1 aliphatic rings. The maximum Gasteiger partial charge on any atom is 0.290 e. The van der Waals surface area contributed by atoms with Crippen molar-refractivity contribution in [2.75, 3.05) is 17.2 Å². The van der Waals surface area contributed by atoms with E-state index >= 15 is 0 Å². The second kappa shape index (κ2) is 6.18. The smallest absolute Gasteiger partial charge is 0.290 e. The number of nitrogen functional groups attached to an aromatic ring is 1. The van der Waals surface area contributed by atoms with Gasteiger partial charge in [0, 0.05) is 12.2 Å². The lowest BCUT2D eigenvalue weighted by Crippen LogP contribution is -2.40. The molecule has 7 heteroatoms. The zero-order valence-corrected chi connectivity index (χ0v) is 14.3. The zero-order chi connectivity index (χ0) is 18.3. The molecule has 26 heavy (non-hydrogen) atoms. The predicted octanol–water partition coefficient (Wildman–Crippen LogP) is 2.24. The second-order valence-electron chi connectivity index (χ2n) is 6.26. The molecule has 4 rings (SSSR count). The number of amides is 1. The topological polar surface area (TPSA) is 94.4 Å². The number of aromatic nitrogens is 2. The molecule has 2 N–H and O–H groups in total. The molecule has 1 aromatic carbocycles. The van der Waals surface area contributed by atoms with Gasteiger partial charge in [-0.2, -0.15) is 5.10 Å². The molecule has 0 unspecified atom stereocenters. The lowest BCUT2D eigenvalue weighted by Gasteiger charge is -2.22. The Hall–Kier alpha value is -3.35. The van der Waals surface area contributed by atoms with Crippen LogP contribution in [0.2, 0.25) is 0 Å². The zero-order valence-electron chi connectivity index (χ0n) is 14.3. The van der Waals surface area contributed by atoms with Crippen LogP contribution in [0.15, 0.2) is 57.9 Å². The van der Waals surface area contributed by atoms with Gasteiger partial charge in [-0.3, -0.25) is 9.59 Å². The minimum atomic E-state index is -0.786. The van der Waals surface area contributed by atoms with Crippen LogP contribution in [0.3, 0.4) is 0 Å². The Morgan fingerprint density at radius 3 is 2.85 bits per heavy atom. The van der Waals surface area contributed by atoms with E-state index in [0.29, 0.717) is 18.0 Å². The maximum atomic E-state index is 13.0. The first-order chi connectivity index (χ1) is 12.6. The summed E-state index contributed by atoms with van der Waals surface area (Å²) in [6.07, 6.45) is 2.31. The third kappa shape index (κ3) is 2.57. The van der Waals surface area contributed by atoms with Crippen molar-refractivity contribution in [2.24, 2.45) is 0 Å². The normalized spacial score (nSPS) is 14.3. The van der Waals surface area contributed by atoms with Crippen molar-refractivity contribution in [2.45, 2.75) is 19.4 Å². The monoisotopic (exact) mass is 350 g/mol. The van der Waals surface area contributed by atoms with Crippen molar-refractivity contribution in [1.29, 1.82) is 0 Å². The minimum Gasteiger partial charge on any atom is -0.463 e. The van der Waals surface area contributed by atoms with Crippen molar-refractivity contribution in [3.8, 4) is 11.5 Å². The summed E-state index contributed by atoms with van der Waals surface area (Å²) < 4.78 is 6.46. The van der Waals surface area contributed by atoms with E-state index in [1.54, 1.807) is 24.0 Å². The van der Waals surface area contributed by atoms with E-state index in [2.05, 4.69) is 5.10 Å². The second-order valence-corrected chi connectivity index (χ2v) is 6.26. The Balaban J connectivity index is 1.71. The van der Waals surface area contributed by atoms with Crippen LogP contribution in [0.25, 0.3) is 11.5 Å². The van der Waals surface area contributed by atoms with Crippen molar-refractivity contribution in [3.63, 3.8) is 0 Å². The van der Waals surface area contributed by atoms with Gasteiger partial charge in [-0.25, -0.2) is 4.68 Å². The van der Waals surface area contributed by atoms with Gasteiger partial charge in [0.15, 0.2) is 5.76 Å². The number of nitrogens with two attached hydrogens (primary N) is 1. The van der Waals surface area contributed by atoms with Crippen LogP contribution >= 0.6 is 0 Å². The van der Waals surface area contributed by atoms with Gasteiger partial charge in [-0.05, 0) is 43.2 Å². The van der Waals surface area contributed by atoms with Crippen LogP contribution in [-0.4, -0.2) is 22.2 Å². The van der Waals surface area contributed by atoms with E-state index in [1.807, 2.05) is 24.3 Å². The molecule has 1 atom stereocenters. The fourth-order valence-electron chi connectivity index (χ4n) is 3.24. The third-order valence-electron chi connectivity index (χ3n) is 4.61. The van der Waals surface area contributed by atoms with Gasteiger partial charge in [-0.1, -0.05) is 18.2 Å². The number of hydrogen-bond donors (Lipinski definition) is 1. The standard InChI is InChI=1S/C19H18N4O3/c1-12(18(24)22-9-8-13-5-2-3-6-16(13)22)23-19(25)14(20)11-15(21-23)17-7-4-10-26-17/h2-7,10-12H,8-9,20H2,1H3/t12-/m1/s1. The van der Waals surface area contributed by atoms with Crippen LogP contribution in [0.1, 0.15) is 18.5 Å². The Bertz CT molecular complexity index is 1020. The van der Waals surface area contributed by atoms with E-state index < -0.39 is 11.6 Å². The van der Waals surface area contributed by atoms with Crippen LogP contribution < -0.4 is 16.2 Å². The number of nitrogens with zero attached hydrogens (tertiary/aromatic N) is 3. The number of carbonyl (C=O) groups is 1. The third-order valence-corrected chi connectivity index (χ3v) is 4.61. The number of carbonyl (C=O) groups excluding carboxylic acids is 1. The quantitative estimate of drug-likeness (QED) is 0.782. The molecule has 0 aliphatic carbocycles. The molecule has 3 aromatic rings. The van der Waals surface area contributed by atoms with Crippen LogP contribution in [0.5, 0.6) is 0 Å². The van der Waals surface area contributed by atoms with Crippen molar-refractivity contribution < 1.29 is 9.21 Å². The first kappa shape index (κ1) is 16.1. The first-order valence-electron chi connectivity index (χ1n) is 8.39. The minimum absolute atomic E-state index is 0.0212. The SMILES string of the molecule is C[C@H](C(=O)N1CCc2ccccc21)n1nc(-c2ccco2)cc(N)c1=O. The van der Waals surface area contributed by atoms with Crippen LogP contribution in [0.4, 0.5) is 11.4 Å². The fourth-order valence-corrected chi connectivity index (χ4v) is 3.24. The van der Waals surface area contributed by atoms with Gasteiger partial charge >= 0.3 is 0 Å². The molecular formula is C19H18N4O3. The summed E-state index contributed by atoms with van der Waals surface area (Å²) in [5.41, 5.74) is 7.80. The van der Waals surface area contributed by atoms with E-state index in [0.717, 1.165) is 22.4 Å². The van der Waals surface area contributed by atoms with E-state index in [-0.39, 0.29) is 11.6 Å². The molecule has 0 bridgehead atoms. The summed E-state index contributed by atoms with van der Waals surface area (Å²) in [5, 5.41) is 4.31. The summed E-state index contributed by atoms with van der Waals surface area (Å²) in [7, 11) is 0. The Morgan fingerprint density at radius 2 is 2.08 bits per heavy atom. The van der Waals surface area contributed by atoms with Gasteiger partial charge in [0.2, 0.25) is 0 Å². The predicted molar refractivity (Wildman–Crippen MR) is 97.8 cm³/mol. The molecule has 0 spiro atoms. The molecule has 1 aliphatic heterocycles. The van der Waals surface area contributed by atoms with Crippen LogP contribution in [-0.2, 0) is 11.2 Å². The van der Waals surface area contributed by atoms with Gasteiger partial charge in [0.25, 0.3) is 11.5 Å². The summed E-state index contributed by atoms with van der Waals surface area (Å²) in [6, 6.07) is 11.9. The first-order valence-corrected chi connectivity index (χ1v) is 8.39. The van der Waals surface area contributed by atoms with E-state index in [4.69, 9.17) is 10.2 Å². The molecular weight excluding hydrogens is 332 g/mol. The Morgan fingerprint density at radius 1 is 1.27 bits per heavy atom. The summed E-state index contributed by atoms with van der Waals surface area (Å²) in [6.45, 7) is 2.24. The number of furan rings is 1. The van der Waals surface area contributed by atoms with Gasteiger partial charge in [0.1, 0.15) is 17.4 Å². The van der Waals surface area contributed by atoms with Gasteiger partial charge in [-0.15, -0.1) is 0 Å². The lowest BCUT2D eigenvalue weighted by molar-refractivity contribution is -0.121. The molecule has 0 saturated heterocycles.